The highest BCUT2D eigenvalue weighted by atomic mass is 32.2. The lowest BCUT2D eigenvalue weighted by molar-refractivity contribution is -0.384. The highest BCUT2D eigenvalue weighted by Gasteiger charge is 2.33. The smallest absolute Gasteiger partial charge is 0.270 e. The van der Waals surface area contributed by atoms with E-state index in [1.807, 2.05) is 54.7 Å². The molecule has 0 aliphatic carbocycles. The van der Waals surface area contributed by atoms with Crippen LogP contribution in [0.2, 0.25) is 0 Å². The maximum Gasteiger partial charge on any atom is 0.270 e. The number of sulfonamides is 1. The zero-order valence-corrected chi connectivity index (χ0v) is 18.1. The monoisotopic (exact) mass is 457 g/mol. The quantitative estimate of drug-likeness (QED) is 0.309. The fraction of sp³-hybridized carbons (Fsp3) is 0.0400. The van der Waals surface area contributed by atoms with Gasteiger partial charge in [-0.2, -0.15) is 0 Å². The number of aromatic nitrogens is 1. The normalized spacial score (nSPS) is 15.8. The van der Waals surface area contributed by atoms with Crippen LogP contribution in [-0.4, -0.2) is 18.3 Å². The van der Waals surface area contributed by atoms with E-state index in [1.165, 1.54) is 28.6 Å². The summed E-state index contributed by atoms with van der Waals surface area (Å²) in [5, 5.41) is 13.1. The Balaban J connectivity index is 1.61. The van der Waals surface area contributed by atoms with Crippen LogP contribution < -0.4 is 4.31 Å². The molecule has 3 aromatic carbocycles. The number of benzene rings is 3. The minimum absolute atomic E-state index is 0.0996. The Morgan fingerprint density at radius 3 is 2.64 bits per heavy atom. The number of fused-ring (bicyclic) bond motifs is 2. The van der Waals surface area contributed by atoms with Gasteiger partial charge in [-0.1, -0.05) is 60.7 Å². The number of rotatable bonds is 5. The van der Waals surface area contributed by atoms with E-state index in [-0.39, 0.29) is 5.69 Å². The molecule has 1 aliphatic heterocycles. The first kappa shape index (κ1) is 20.7. The molecule has 0 radical (unpaired) electrons. The van der Waals surface area contributed by atoms with Gasteiger partial charge in [-0.05, 0) is 29.3 Å². The van der Waals surface area contributed by atoms with E-state index in [9.17, 15) is 18.5 Å². The molecule has 2 heterocycles. The molecule has 7 nitrogen and oxygen atoms in total. The molecule has 33 heavy (non-hydrogen) atoms. The summed E-state index contributed by atoms with van der Waals surface area (Å²) < 4.78 is 28.7. The van der Waals surface area contributed by atoms with E-state index in [0.29, 0.717) is 11.3 Å². The maximum absolute atomic E-state index is 13.6. The average molecular weight is 458 g/mol. The van der Waals surface area contributed by atoms with Crippen molar-refractivity contribution in [1.29, 1.82) is 0 Å². The van der Waals surface area contributed by atoms with Crippen LogP contribution in [0.4, 0.5) is 11.4 Å². The molecule has 0 fully saturated rings. The zero-order chi connectivity index (χ0) is 23.0. The van der Waals surface area contributed by atoms with E-state index >= 15 is 0 Å². The topological polar surface area (TPSA) is 96.3 Å². The molecular weight excluding hydrogens is 438 g/mol. The predicted octanol–water partition coefficient (Wildman–Crippen LogP) is 5.65. The summed E-state index contributed by atoms with van der Waals surface area (Å²) in [6.07, 6.45) is 7.02. The second-order valence-electron chi connectivity index (χ2n) is 7.65. The summed E-state index contributed by atoms with van der Waals surface area (Å²) in [6.45, 7) is 0. The van der Waals surface area contributed by atoms with Gasteiger partial charge < -0.3 is 4.98 Å². The number of anilines is 1. The fourth-order valence-corrected chi connectivity index (χ4v) is 5.49. The van der Waals surface area contributed by atoms with Crippen molar-refractivity contribution in [2.24, 2.45) is 0 Å². The van der Waals surface area contributed by atoms with Gasteiger partial charge in [0.05, 0.1) is 22.1 Å². The fourth-order valence-electron chi connectivity index (χ4n) is 4.09. The van der Waals surface area contributed by atoms with Crippen LogP contribution in [0.15, 0.2) is 90.5 Å². The molecule has 1 atom stereocenters. The summed E-state index contributed by atoms with van der Waals surface area (Å²) in [5.41, 5.74) is 3.45. The molecule has 5 rings (SSSR count). The lowest BCUT2D eigenvalue weighted by atomic mass is 9.99. The summed E-state index contributed by atoms with van der Waals surface area (Å²) >= 11 is 0. The number of nitro groups is 1. The number of para-hydroxylation sites is 2. The minimum atomic E-state index is -3.95. The minimum Gasteiger partial charge on any atom is -0.361 e. The van der Waals surface area contributed by atoms with E-state index in [4.69, 9.17) is 0 Å². The van der Waals surface area contributed by atoms with Crippen LogP contribution in [0.1, 0.15) is 22.7 Å². The van der Waals surface area contributed by atoms with Gasteiger partial charge in [0.15, 0.2) is 0 Å². The van der Waals surface area contributed by atoms with Crippen molar-refractivity contribution >= 4 is 44.5 Å². The van der Waals surface area contributed by atoms with Gasteiger partial charge in [-0.3, -0.25) is 14.4 Å². The van der Waals surface area contributed by atoms with Gasteiger partial charge in [0.25, 0.3) is 15.7 Å². The van der Waals surface area contributed by atoms with Gasteiger partial charge in [0, 0.05) is 34.8 Å². The van der Waals surface area contributed by atoms with Crippen molar-refractivity contribution in [1.82, 2.24) is 4.98 Å². The average Bonchev–Trinajstić information content (AvgIpc) is 3.26. The Morgan fingerprint density at radius 1 is 1.00 bits per heavy atom. The van der Waals surface area contributed by atoms with Crippen LogP contribution in [-0.2, 0) is 10.0 Å². The second kappa shape index (κ2) is 8.07. The van der Waals surface area contributed by atoms with Crippen molar-refractivity contribution in [2.75, 3.05) is 4.31 Å². The molecule has 0 bridgehead atoms. The number of hydrogen-bond donors (Lipinski definition) is 1. The summed E-state index contributed by atoms with van der Waals surface area (Å²) in [7, 11) is -3.95. The van der Waals surface area contributed by atoms with E-state index < -0.39 is 21.0 Å². The molecule has 1 unspecified atom stereocenters. The maximum atomic E-state index is 13.6. The van der Waals surface area contributed by atoms with Crippen molar-refractivity contribution in [3.8, 4) is 0 Å². The molecule has 0 saturated carbocycles. The molecule has 1 N–H and O–H groups in total. The molecule has 8 heteroatoms. The SMILES string of the molecule is O=[N+]([O-])c1cccc(C=CS(=O)(=O)N2c3ccccc3C=CC2c2c[nH]c3ccccc23)c1. The number of nitrogens with one attached hydrogen (secondary N) is 1. The molecule has 0 saturated heterocycles. The largest absolute Gasteiger partial charge is 0.361 e. The number of H-pyrrole nitrogens is 1. The highest BCUT2D eigenvalue weighted by molar-refractivity contribution is 7.95. The van der Waals surface area contributed by atoms with E-state index in [0.717, 1.165) is 27.4 Å². The third-order valence-electron chi connectivity index (χ3n) is 5.61. The number of non-ortho nitro benzene ring substituents is 1. The van der Waals surface area contributed by atoms with Crippen molar-refractivity contribution in [3.63, 3.8) is 0 Å². The van der Waals surface area contributed by atoms with Gasteiger partial charge in [0.2, 0.25) is 0 Å². The van der Waals surface area contributed by atoms with Gasteiger partial charge in [-0.25, -0.2) is 8.42 Å². The van der Waals surface area contributed by atoms with Crippen LogP contribution >= 0.6 is 0 Å². The summed E-state index contributed by atoms with van der Waals surface area (Å²) in [4.78, 5) is 13.8. The first-order chi connectivity index (χ1) is 15.9. The summed E-state index contributed by atoms with van der Waals surface area (Å²) in [6, 6.07) is 20.3. The number of aromatic amines is 1. The second-order valence-corrected chi connectivity index (χ2v) is 9.34. The van der Waals surface area contributed by atoms with Crippen molar-refractivity contribution in [3.05, 3.63) is 117 Å². The molecule has 1 aliphatic rings. The number of hydrogen-bond acceptors (Lipinski definition) is 4. The molecule has 0 amide bonds. The third kappa shape index (κ3) is 3.81. The third-order valence-corrected chi connectivity index (χ3v) is 7.06. The van der Waals surface area contributed by atoms with Gasteiger partial charge in [0.1, 0.15) is 0 Å². The molecule has 4 aromatic rings. The zero-order valence-electron chi connectivity index (χ0n) is 17.3. The van der Waals surface area contributed by atoms with Crippen LogP contribution in [0.25, 0.3) is 23.1 Å². The Kier molecular flexibility index (Phi) is 5.07. The van der Waals surface area contributed by atoms with E-state index in [1.54, 1.807) is 18.2 Å². The lowest BCUT2D eigenvalue weighted by Gasteiger charge is -2.33. The Bertz CT molecular complexity index is 1540. The Labute approximate surface area is 190 Å². The predicted molar refractivity (Wildman–Crippen MR) is 130 cm³/mol. The van der Waals surface area contributed by atoms with Crippen LogP contribution in [0, 0.1) is 10.1 Å². The molecular formula is C25H19N3O4S. The molecule has 164 valence electrons. The molecule has 0 spiro atoms. The Hall–Kier alpha value is -4.17. The standard InChI is InChI=1S/C25H19N3O4S/c29-28(30)20-8-5-6-18(16-20)14-15-33(31,32)27-24-11-4-1-7-19(24)12-13-25(27)22-17-26-23-10-3-2-9-21(22)23/h1-17,25-26H. The van der Waals surface area contributed by atoms with Crippen LogP contribution in [0.3, 0.4) is 0 Å². The molecule has 1 aromatic heterocycles. The van der Waals surface area contributed by atoms with Crippen molar-refractivity contribution in [2.45, 2.75) is 6.04 Å². The lowest BCUT2D eigenvalue weighted by Crippen LogP contribution is -2.34. The van der Waals surface area contributed by atoms with Gasteiger partial charge in [-0.15, -0.1) is 0 Å². The van der Waals surface area contributed by atoms with Crippen LogP contribution in [0.5, 0.6) is 0 Å². The first-order valence-corrected chi connectivity index (χ1v) is 11.7. The summed E-state index contributed by atoms with van der Waals surface area (Å²) in [5.74, 6) is 0. The van der Waals surface area contributed by atoms with E-state index in [2.05, 4.69) is 4.98 Å². The van der Waals surface area contributed by atoms with Crippen molar-refractivity contribution < 1.29 is 13.3 Å². The Morgan fingerprint density at radius 2 is 1.79 bits per heavy atom. The number of nitro benzene ring substituents is 1. The van der Waals surface area contributed by atoms with Gasteiger partial charge >= 0.3 is 0 Å². The first-order valence-electron chi connectivity index (χ1n) is 10.2. The highest BCUT2D eigenvalue weighted by Crippen LogP contribution is 2.41. The number of nitrogens with zero attached hydrogens (tertiary/aromatic N) is 2.